The molecule has 5 nitrogen and oxygen atoms in total. The van der Waals surface area contributed by atoms with Crippen molar-refractivity contribution >= 4 is 11.9 Å². The van der Waals surface area contributed by atoms with Crippen molar-refractivity contribution in [3.8, 4) is 0 Å². The van der Waals surface area contributed by atoms with Gasteiger partial charge in [-0.3, -0.25) is 14.5 Å². The fourth-order valence-corrected chi connectivity index (χ4v) is 3.81. The van der Waals surface area contributed by atoms with Crippen LogP contribution in [0.2, 0.25) is 0 Å². The standard InChI is InChI=1S/C17H30N2O3/c1-11-6-4-8-15(12(11)2)18-16(20)13(3)19-9-5-7-14(10-19)17(21)22/h11-15H,4-10H2,1-3H3,(H,18,20)(H,21,22). The predicted molar refractivity (Wildman–Crippen MR) is 85.5 cm³/mol. The van der Waals surface area contributed by atoms with Gasteiger partial charge in [-0.15, -0.1) is 0 Å². The van der Waals surface area contributed by atoms with Crippen molar-refractivity contribution in [2.24, 2.45) is 17.8 Å². The lowest BCUT2D eigenvalue weighted by Crippen LogP contribution is -2.53. The number of hydrogen-bond acceptors (Lipinski definition) is 3. The van der Waals surface area contributed by atoms with Gasteiger partial charge in [0.1, 0.15) is 0 Å². The van der Waals surface area contributed by atoms with Gasteiger partial charge in [0.05, 0.1) is 12.0 Å². The molecule has 5 atom stereocenters. The first kappa shape index (κ1) is 17.3. The van der Waals surface area contributed by atoms with Gasteiger partial charge < -0.3 is 10.4 Å². The first-order chi connectivity index (χ1) is 10.4. The number of carboxylic acids is 1. The van der Waals surface area contributed by atoms with Gasteiger partial charge in [-0.25, -0.2) is 0 Å². The largest absolute Gasteiger partial charge is 0.481 e. The summed E-state index contributed by atoms with van der Waals surface area (Å²) in [6, 6.07) is 0.0188. The summed E-state index contributed by atoms with van der Waals surface area (Å²) >= 11 is 0. The van der Waals surface area contributed by atoms with E-state index in [1.807, 2.05) is 11.8 Å². The smallest absolute Gasteiger partial charge is 0.307 e. The number of piperidine rings is 1. The highest BCUT2D eigenvalue weighted by molar-refractivity contribution is 5.81. The summed E-state index contributed by atoms with van der Waals surface area (Å²) < 4.78 is 0. The Morgan fingerprint density at radius 3 is 2.59 bits per heavy atom. The lowest BCUT2D eigenvalue weighted by atomic mass is 9.78. The zero-order chi connectivity index (χ0) is 16.3. The van der Waals surface area contributed by atoms with Crippen molar-refractivity contribution in [1.82, 2.24) is 10.2 Å². The Morgan fingerprint density at radius 2 is 1.91 bits per heavy atom. The van der Waals surface area contributed by atoms with E-state index in [0.29, 0.717) is 18.4 Å². The minimum Gasteiger partial charge on any atom is -0.481 e. The van der Waals surface area contributed by atoms with E-state index >= 15 is 0 Å². The summed E-state index contributed by atoms with van der Waals surface area (Å²) in [5.74, 6) is 0.139. The first-order valence-corrected chi connectivity index (χ1v) is 8.67. The van der Waals surface area contributed by atoms with E-state index in [9.17, 15) is 14.7 Å². The van der Waals surface area contributed by atoms with Crippen LogP contribution in [0.25, 0.3) is 0 Å². The highest BCUT2D eigenvalue weighted by Crippen LogP contribution is 2.29. The topological polar surface area (TPSA) is 69.6 Å². The fourth-order valence-electron chi connectivity index (χ4n) is 3.81. The second-order valence-corrected chi connectivity index (χ2v) is 7.23. The average Bonchev–Trinajstić information content (AvgIpc) is 2.51. The third kappa shape index (κ3) is 4.00. The molecular formula is C17H30N2O3. The van der Waals surface area contributed by atoms with Gasteiger partial charge in [-0.2, -0.15) is 0 Å². The Labute approximate surface area is 133 Å². The average molecular weight is 310 g/mol. The highest BCUT2D eigenvalue weighted by Gasteiger charge is 2.33. The maximum atomic E-state index is 12.5. The Morgan fingerprint density at radius 1 is 1.18 bits per heavy atom. The quantitative estimate of drug-likeness (QED) is 0.834. The summed E-state index contributed by atoms with van der Waals surface area (Å²) in [6.07, 6.45) is 5.05. The molecule has 5 unspecified atom stereocenters. The first-order valence-electron chi connectivity index (χ1n) is 8.67. The van der Waals surface area contributed by atoms with Crippen LogP contribution in [0.4, 0.5) is 0 Å². The molecule has 1 aliphatic heterocycles. The van der Waals surface area contributed by atoms with E-state index in [0.717, 1.165) is 25.8 Å². The summed E-state index contributed by atoms with van der Waals surface area (Å²) in [4.78, 5) is 25.7. The minimum absolute atomic E-state index is 0.0528. The van der Waals surface area contributed by atoms with E-state index in [-0.39, 0.29) is 23.9 Å². The summed E-state index contributed by atoms with van der Waals surface area (Å²) in [7, 11) is 0. The lowest BCUT2D eigenvalue weighted by Gasteiger charge is -2.38. The van der Waals surface area contributed by atoms with E-state index in [1.54, 1.807) is 0 Å². The molecule has 0 bridgehead atoms. The third-order valence-corrected chi connectivity index (χ3v) is 5.76. The van der Waals surface area contributed by atoms with Crippen LogP contribution in [0.5, 0.6) is 0 Å². The molecule has 1 aliphatic carbocycles. The number of nitrogens with zero attached hydrogens (tertiary/aromatic N) is 1. The molecule has 2 aliphatic rings. The van der Waals surface area contributed by atoms with Gasteiger partial charge in [0.25, 0.3) is 0 Å². The lowest BCUT2D eigenvalue weighted by molar-refractivity contribution is -0.145. The van der Waals surface area contributed by atoms with Crippen molar-refractivity contribution in [3.05, 3.63) is 0 Å². The van der Waals surface area contributed by atoms with Crippen LogP contribution in [0.3, 0.4) is 0 Å². The summed E-state index contributed by atoms with van der Waals surface area (Å²) in [6.45, 7) is 7.68. The second kappa shape index (κ2) is 7.44. The maximum Gasteiger partial charge on any atom is 0.307 e. The van der Waals surface area contributed by atoms with Crippen molar-refractivity contribution in [3.63, 3.8) is 0 Å². The zero-order valence-electron chi connectivity index (χ0n) is 14.0. The molecule has 2 N–H and O–H groups in total. The zero-order valence-corrected chi connectivity index (χ0v) is 14.0. The van der Waals surface area contributed by atoms with Crippen molar-refractivity contribution < 1.29 is 14.7 Å². The minimum atomic E-state index is -0.743. The van der Waals surface area contributed by atoms with Crippen LogP contribution >= 0.6 is 0 Å². The van der Waals surface area contributed by atoms with Gasteiger partial charge in [-0.1, -0.05) is 26.7 Å². The van der Waals surface area contributed by atoms with E-state index < -0.39 is 5.97 Å². The molecule has 0 aromatic carbocycles. The molecule has 22 heavy (non-hydrogen) atoms. The fraction of sp³-hybridized carbons (Fsp3) is 0.882. The maximum absolute atomic E-state index is 12.5. The van der Waals surface area contributed by atoms with E-state index in [2.05, 4.69) is 19.2 Å². The number of amides is 1. The SMILES string of the molecule is CC1CCCC(NC(=O)C(C)N2CCCC(C(=O)O)C2)C1C. The molecule has 0 spiro atoms. The Hall–Kier alpha value is -1.10. The molecule has 1 saturated carbocycles. The van der Waals surface area contributed by atoms with Crippen molar-refractivity contribution in [2.45, 2.75) is 65.0 Å². The second-order valence-electron chi connectivity index (χ2n) is 7.23. The number of carbonyl (C=O) groups is 2. The van der Waals surface area contributed by atoms with Gasteiger partial charge in [0.2, 0.25) is 5.91 Å². The number of aliphatic carboxylic acids is 1. The van der Waals surface area contributed by atoms with Gasteiger partial charge in [0.15, 0.2) is 0 Å². The van der Waals surface area contributed by atoms with Crippen LogP contribution in [-0.2, 0) is 9.59 Å². The number of carboxylic acid groups (broad SMARTS) is 1. The molecule has 2 rings (SSSR count). The summed E-state index contributed by atoms with van der Waals surface area (Å²) in [5.41, 5.74) is 0. The van der Waals surface area contributed by atoms with Crippen LogP contribution in [0.1, 0.15) is 52.9 Å². The Bertz CT molecular complexity index is 413. The van der Waals surface area contributed by atoms with Crippen molar-refractivity contribution in [2.75, 3.05) is 13.1 Å². The molecule has 1 amide bonds. The van der Waals surface area contributed by atoms with E-state index in [1.165, 1.54) is 12.8 Å². The molecule has 0 aromatic heterocycles. The number of likely N-dealkylation sites (tertiary alicyclic amines) is 1. The Balaban J connectivity index is 1.90. The van der Waals surface area contributed by atoms with Crippen LogP contribution < -0.4 is 5.32 Å². The number of rotatable bonds is 4. The normalized spacial score (nSPS) is 34.9. The summed E-state index contributed by atoms with van der Waals surface area (Å²) in [5, 5.41) is 12.4. The Kier molecular flexibility index (Phi) is 5.84. The molecule has 0 radical (unpaired) electrons. The molecule has 5 heteroatoms. The number of nitrogens with one attached hydrogen (secondary N) is 1. The van der Waals surface area contributed by atoms with Gasteiger partial charge in [-0.05, 0) is 44.6 Å². The van der Waals surface area contributed by atoms with Crippen LogP contribution in [0.15, 0.2) is 0 Å². The van der Waals surface area contributed by atoms with Crippen molar-refractivity contribution in [1.29, 1.82) is 0 Å². The predicted octanol–water partition coefficient (Wildman–Crippen LogP) is 2.11. The van der Waals surface area contributed by atoms with Crippen LogP contribution in [-0.4, -0.2) is 47.1 Å². The molecule has 1 heterocycles. The number of carbonyl (C=O) groups excluding carboxylic acids is 1. The molecule has 2 fully saturated rings. The molecule has 1 saturated heterocycles. The van der Waals surface area contributed by atoms with Gasteiger partial charge in [0, 0.05) is 12.6 Å². The van der Waals surface area contributed by atoms with Crippen LogP contribution in [0, 0.1) is 17.8 Å². The van der Waals surface area contributed by atoms with E-state index in [4.69, 9.17) is 0 Å². The number of hydrogen-bond donors (Lipinski definition) is 2. The molecule has 0 aromatic rings. The van der Waals surface area contributed by atoms with Gasteiger partial charge >= 0.3 is 5.97 Å². The molecular weight excluding hydrogens is 280 g/mol. The highest BCUT2D eigenvalue weighted by atomic mass is 16.4. The third-order valence-electron chi connectivity index (χ3n) is 5.76. The molecule has 126 valence electrons. The monoisotopic (exact) mass is 310 g/mol.